The van der Waals surface area contributed by atoms with Gasteiger partial charge in [0.05, 0.1) is 26.1 Å². The summed E-state index contributed by atoms with van der Waals surface area (Å²) in [5.41, 5.74) is 2.74. The van der Waals surface area contributed by atoms with Crippen LogP contribution in [0.5, 0.6) is 11.5 Å². The Hall–Kier alpha value is -3.54. The molecule has 0 aliphatic rings. The van der Waals surface area contributed by atoms with Gasteiger partial charge in [-0.1, -0.05) is 24.3 Å². The van der Waals surface area contributed by atoms with Gasteiger partial charge in [0.1, 0.15) is 0 Å². The number of hydrogen-bond acceptors (Lipinski definition) is 4. The SMILES string of the molecule is COc1ccc(CNC(=O)/C=C/c2cnn(-c3ccccc3)c2)cc1OC. The molecular weight excluding hydrogens is 342 g/mol. The predicted molar refractivity (Wildman–Crippen MR) is 104 cm³/mol. The molecule has 0 aliphatic heterocycles. The minimum absolute atomic E-state index is 0.183. The van der Waals surface area contributed by atoms with Gasteiger partial charge in [-0.15, -0.1) is 0 Å². The summed E-state index contributed by atoms with van der Waals surface area (Å²) >= 11 is 0. The summed E-state index contributed by atoms with van der Waals surface area (Å²) in [5, 5.41) is 7.15. The van der Waals surface area contributed by atoms with E-state index in [0.717, 1.165) is 16.8 Å². The van der Waals surface area contributed by atoms with E-state index >= 15 is 0 Å². The van der Waals surface area contributed by atoms with Crippen molar-refractivity contribution >= 4 is 12.0 Å². The highest BCUT2D eigenvalue weighted by Crippen LogP contribution is 2.27. The second-order valence-electron chi connectivity index (χ2n) is 5.79. The molecular formula is C21H21N3O3. The van der Waals surface area contributed by atoms with Crippen LogP contribution in [0.1, 0.15) is 11.1 Å². The Morgan fingerprint density at radius 1 is 1.11 bits per heavy atom. The number of carbonyl (C=O) groups excluding carboxylic acids is 1. The summed E-state index contributed by atoms with van der Waals surface area (Å²) in [6.45, 7) is 0.396. The van der Waals surface area contributed by atoms with Gasteiger partial charge in [0.15, 0.2) is 11.5 Å². The molecule has 0 fully saturated rings. The van der Waals surface area contributed by atoms with E-state index < -0.39 is 0 Å². The lowest BCUT2D eigenvalue weighted by Crippen LogP contribution is -2.20. The number of methoxy groups -OCH3 is 2. The van der Waals surface area contributed by atoms with Crippen molar-refractivity contribution in [3.63, 3.8) is 0 Å². The molecule has 27 heavy (non-hydrogen) atoms. The van der Waals surface area contributed by atoms with Gasteiger partial charge < -0.3 is 14.8 Å². The topological polar surface area (TPSA) is 65.4 Å². The number of aromatic nitrogens is 2. The van der Waals surface area contributed by atoms with E-state index in [1.54, 1.807) is 31.2 Å². The highest BCUT2D eigenvalue weighted by molar-refractivity contribution is 5.91. The molecule has 0 bridgehead atoms. The quantitative estimate of drug-likeness (QED) is 0.655. The fourth-order valence-corrected chi connectivity index (χ4v) is 2.56. The number of hydrogen-bond donors (Lipinski definition) is 1. The van der Waals surface area contributed by atoms with Crippen molar-refractivity contribution in [3.05, 3.63) is 78.1 Å². The summed E-state index contributed by atoms with van der Waals surface area (Å²) in [6, 6.07) is 15.3. The maximum Gasteiger partial charge on any atom is 0.244 e. The monoisotopic (exact) mass is 363 g/mol. The van der Waals surface area contributed by atoms with Gasteiger partial charge >= 0.3 is 0 Å². The summed E-state index contributed by atoms with van der Waals surface area (Å²) in [7, 11) is 3.17. The average molecular weight is 363 g/mol. The highest BCUT2D eigenvalue weighted by atomic mass is 16.5. The number of ether oxygens (including phenoxy) is 2. The first-order valence-corrected chi connectivity index (χ1v) is 8.46. The van der Waals surface area contributed by atoms with Crippen molar-refractivity contribution in [3.8, 4) is 17.2 Å². The van der Waals surface area contributed by atoms with Gasteiger partial charge in [0.25, 0.3) is 0 Å². The zero-order valence-electron chi connectivity index (χ0n) is 15.3. The van der Waals surface area contributed by atoms with E-state index in [-0.39, 0.29) is 5.91 Å². The second-order valence-corrected chi connectivity index (χ2v) is 5.79. The number of nitrogens with one attached hydrogen (secondary N) is 1. The summed E-state index contributed by atoms with van der Waals surface area (Å²) in [6.07, 6.45) is 6.81. The van der Waals surface area contributed by atoms with Crippen LogP contribution in [0, 0.1) is 0 Å². The molecule has 138 valence electrons. The molecule has 1 N–H and O–H groups in total. The van der Waals surface area contributed by atoms with Crippen LogP contribution >= 0.6 is 0 Å². The minimum Gasteiger partial charge on any atom is -0.493 e. The van der Waals surface area contributed by atoms with Crippen LogP contribution in [-0.2, 0) is 11.3 Å². The lowest BCUT2D eigenvalue weighted by atomic mass is 10.2. The Bertz CT molecular complexity index is 933. The maximum atomic E-state index is 12.1. The standard InChI is InChI=1S/C21H21N3O3/c1-26-19-10-8-16(12-20(19)27-2)13-22-21(25)11-9-17-14-23-24(15-17)18-6-4-3-5-7-18/h3-12,14-15H,13H2,1-2H3,(H,22,25)/b11-9+. The van der Waals surface area contributed by atoms with E-state index in [1.165, 1.54) is 6.08 Å². The summed E-state index contributed by atoms with van der Waals surface area (Å²) < 4.78 is 12.2. The van der Waals surface area contributed by atoms with Gasteiger partial charge in [-0.25, -0.2) is 4.68 Å². The third-order valence-corrected chi connectivity index (χ3v) is 3.97. The summed E-state index contributed by atoms with van der Waals surface area (Å²) in [4.78, 5) is 12.1. The number of nitrogens with zero attached hydrogens (tertiary/aromatic N) is 2. The van der Waals surface area contributed by atoms with Gasteiger partial charge in [-0.2, -0.15) is 5.10 Å². The molecule has 2 aromatic carbocycles. The zero-order valence-corrected chi connectivity index (χ0v) is 15.3. The molecule has 6 heteroatoms. The Morgan fingerprint density at radius 2 is 1.89 bits per heavy atom. The van der Waals surface area contributed by atoms with Crippen LogP contribution in [0.4, 0.5) is 0 Å². The lowest BCUT2D eigenvalue weighted by Gasteiger charge is -2.09. The van der Waals surface area contributed by atoms with Gasteiger partial charge in [0.2, 0.25) is 5.91 Å². The van der Waals surface area contributed by atoms with E-state index in [1.807, 2.05) is 54.7 Å². The molecule has 1 aromatic heterocycles. The third kappa shape index (κ3) is 4.76. The molecule has 0 saturated carbocycles. The number of benzene rings is 2. The predicted octanol–water partition coefficient (Wildman–Crippen LogP) is 3.22. The van der Waals surface area contributed by atoms with Crippen LogP contribution < -0.4 is 14.8 Å². The third-order valence-electron chi connectivity index (χ3n) is 3.97. The van der Waals surface area contributed by atoms with Crippen LogP contribution in [0.25, 0.3) is 11.8 Å². The smallest absolute Gasteiger partial charge is 0.244 e. The van der Waals surface area contributed by atoms with Crippen LogP contribution in [0.2, 0.25) is 0 Å². The molecule has 0 saturated heterocycles. The van der Waals surface area contributed by atoms with E-state index in [4.69, 9.17) is 9.47 Å². The Kier molecular flexibility index (Phi) is 5.89. The molecule has 3 aromatic rings. The van der Waals surface area contributed by atoms with E-state index in [9.17, 15) is 4.79 Å². The van der Waals surface area contributed by atoms with Crippen LogP contribution in [0.3, 0.4) is 0 Å². The van der Waals surface area contributed by atoms with Crippen molar-refractivity contribution < 1.29 is 14.3 Å². The van der Waals surface area contributed by atoms with Crippen molar-refractivity contribution in [2.45, 2.75) is 6.54 Å². The van der Waals surface area contributed by atoms with E-state index in [0.29, 0.717) is 18.0 Å². The molecule has 0 spiro atoms. The number of rotatable bonds is 7. The van der Waals surface area contributed by atoms with Crippen molar-refractivity contribution in [2.75, 3.05) is 14.2 Å². The van der Waals surface area contributed by atoms with Gasteiger partial charge in [-0.3, -0.25) is 4.79 Å². The molecule has 0 radical (unpaired) electrons. The molecule has 0 unspecified atom stereocenters. The van der Waals surface area contributed by atoms with Gasteiger partial charge in [0, 0.05) is 24.4 Å². The summed E-state index contributed by atoms with van der Waals surface area (Å²) in [5.74, 6) is 1.10. The first kappa shape index (κ1) is 18.3. The number of carbonyl (C=O) groups is 1. The fraction of sp³-hybridized carbons (Fsp3) is 0.143. The highest BCUT2D eigenvalue weighted by Gasteiger charge is 2.05. The van der Waals surface area contributed by atoms with Crippen molar-refractivity contribution in [1.82, 2.24) is 15.1 Å². The molecule has 0 atom stereocenters. The molecule has 1 heterocycles. The van der Waals surface area contributed by atoms with Gasteiger partial charge in [-0.05, 0) is 35.9 Å². The first-order valence-electron chi connectivity index (χ1n) is 8.46. The minimum atomic E-state index is -0.183. The Balaban J connectivity index is 1.57. The van der Waals surface area contributed by atoms with Crippen molar-refractivity contribution in [1.29, 1.82) is 0 Å². The number of para-hydroxylation sites is 1. The molecule has 3 rings (SSSR count). The van der Waals surface area contributed by atoms with Crippen LogP contribution in [-0.4, -0.2) is 29.9 Å². The average Bonchev–Trinajstić information content (AvgIpc) is 3.20. The second kappa shape index (κ2) is 8.71. The Morgan fingerprint density at radius 3 is 2.63 bits per heavy atom. The number of amides is 1. The lowest BCUT2D eigenvalue weighted by molar-refractivity contribution is -0.116. The fourth-order valence-electron chi connectivity index (χ4n) is 2.56. The zero-order chi connectivity index (χ0) is 19.1. The van der Waals surface area contributed by atoms with Crippen LogP contribution in [0.15, 0.2) is 67.0 Å². The van der Waals surface area contributed by atoms with E-state index in [2.05, 4.69) is 10.4 Å². The maximum absolute atomic E-state index is 12.1. The largest absolute Gasteiger partial charge is 0.493 e. The molecule has 6 nitrogen and oxygen atoms in total. The molecule has 1 amide bonds. The molecule has 0 aliphatic carbocycles. The first-order chi connectivity index (χ1) is 13.2. The van der Waals surface area contributed by atoms with Crippen molar-refractivity contribution in [2.24, 2.45) is 0 Å². The Labute approximate surface area is 158 Å². The normalized spacial score (nSPS) is 10.7.